The molecule has 7 nitrogen and oxygen atoms in total. The Kier molecular flexibility index (Phi) is 5.46. The Morgan fingerprint density at radius 1 is 0.969 bits per heavy atom. The van der Waals surface area contributed by atoms with Crippen LogP contribution in [0.3, 0.4) is 0 Å². The lowest BCUT2D eigenvalue weighted by atomic mass is 10.1. The molecule has 1 aliphatic heterocycles. The summed E-state index contributed by atoms with van der Waals surface area (Å²) < 4.78 is 28.0. The summed E-state index contributed by atoms with van der Waals surface area (Å²) in [5, 5.41) is 13.8. The molecule has 0 radical (unpaired) electrons. The number of amides is 1. The van der Waals surface area contributed by atoms with Gasteiger partial charge in [-0.05, 0) is 35.7 Å². The van der Waals surface area contributed by atoms with Crippen LogP contribution in [-0.2, 0) is 14.8 Å². The molecule has 9 heteroatoms. The minimum atomic E-state index is -3.81. The van der Waals surface area contributed by atoms with E-state index in [1.807, 2.05) is 54.6 Å². The highest BCUT2D eigenvalue weighted by molar-refractivity contribution is 7.89. The van der Waals surface area contributed by atoms with Gasteiger partial charge in [0, 0.05) is 12.1 Å². The first kappa shape index (κ1) is 20.7. The number of anilines is 1. The smallest absolute Gasteiger partial charge is 0.244 e. The number of carbonyl (C=O) groups excluding carboxylic acids is 1. The van der Waals surface area contributed by atoms with Gasteiger partial charge in [0.25, 0.3) is 0 Å². The van der Waals surface area contributed by atoms with E-state index in [0.717, 1.165) is 16.3 Å². The number of hydrogen-bond donors (Lipinski definition) is 1. The summed E-state index contributed by atoms with van der Waals surface area (Å²) in [5.41, 5.74) is 0.909. The Hall–Kier alpha value is -3.14. The van der Waals surface area contributed by atoms with Crippen LogP contribution in [0, 0.1) is 0 Å². The van der Waals surface area contributed by atoms with E-state index in [1.165, 1.54) is 15.6 Å². The van der Waals surface area contributed by atoms with E-state index in [1.54, 1.807) is 18.2 Å². The lowest BCUT2D eigenvalue weighted by molar-refractivity contribution is -0.119. The third kappa shape index (κ3) is 3.90. The molecule has 162 valence electrons. The number of aromatic nitrogens is 2. The number of carbonyl (C=O) groups is 1. The first-order valence-corrected chi connectivity index (χ1v) is 12.5. The molecule has 0 bridgehead atoms. The van der Waals surface area contributed by atoms with Crippen LogP contribution in [0.4, 0.5) is 5.13 Å². The number of rotatable bonds is 5. The number of fused-ring (bicyclic) bond motifs is 1. The van der Waals surface area contributed by atoms with Gasteiger partial charge in [-0.1, -0.05) is 72.0 Å². The van der Waals surface area contributed by atoms with E-state index in [-0.39, 0.29) is 10.8 Å². The Morgan fingerprint density at radius 3 is 2.53 bits per heavy atom. The van der Waals surface area contributed by atoms with Gasteiger partial charge in [0.2, 0.25) is 21.1 Å². The Bertz CT molecular complexity index is 1390. The van der Waals surface area contributed by atoms with Gasteiger partial charge in [-0.3, -0.25) is 10.1 Å². The van der Waals surface area contributed by atoms with Gasteiger partial charge in [0.15, 0.2) is 0 Å². The van der Waals surface area contributed by atoms with E-state index in [4.69, 9.17) is 0 Å². The van der Waals surface area contributed by atoms with Crippen LogP contribution in [0.5, 0.6) is 0 Å². The second kappa shape index (κ2) is 8.42. The fourth-order valence-electron chi connectivity index (χ4n) is 3.91. The average Bonchev–Trinajstić information content (AvgIpc) is 3.50. The van der Waals surface area contributed by atoms with Crippen LogP contribution in [0.2, 0.25) is 0 Å². The van der Waals surface area contributed by atoms with Crippen molar-refractivity contribution in [3.8, 4) is 10.6 Å². The molecule has 0 saturated carbocycles. The highest BCUT2D eigenvalue weighted by Crippen LogP contribution is 2.30. The molecule has 4 aromatic rings. The van der Waals surface area contributed by atoms with Crippen molar-refractivity contribution in [1.82, 2.24) is 14.5 Å². The van der Waals surface area contributed by atoms with Crippen molar-refractivity contribution in [2.24, 2.45) is 0 Å². The largest absolute Gasteiger partial charge is 0.299 e. The van der Waals surface area contributed by atoms with E-state index in [0.29, 0.717) is 29.5 Å². The van der Waals surface area contributed by atoms with Crippen molar-refractivity contribution in [1.29, 1.82) is 0 Å². The molecule has 0 spiro atoms. The molecule has 1 aliphatic rings. The molecule has 32 heavy (non-hydrogen) atoms. The van der Waals surface area contributed by atoms with Crippen LogP contribution in [0.1, 0.15) is 12.8 Å². The van der Waals surface area contributed by atoms with Gasteiger partial charge in [0.05, 0.1) is 4.90 Å². The molecular formula is C23H20N4O3S2. The molecule has 1 amide bonds. The Labute approximate surface area is 189 Å². The highest BCUT2D eigenvalue weighted by atomic mass is 32.2. The minimum Gasteiger partial charge on any atom is -0.299 e. The maximum atomic E-state index is 13.4. The van der Waals surface area contributed by atoms with Crippen molar-refractivity contribution in [3.05, 3.63) is 72.8 Å². The van der Waals surface area contributed by atoms with Gasteiger partial charge in [0.1, 0.15) is 11.0 Å². The summed E-state index contributed by atoms with van der Waals surface area (Å²) in [4.78, 5) is 13.2. The van der Waals surface area contributed by atoms with Crippen LogP contribution in [0.25, 0.3) is 21.3 Å². The number of nitrogens with zero attached hydrogens (tertiary/aromatic N) is 3. The molecule has 1 unspecified atom stereocenters. The highest BCUT2D eigenvalue weighted by Gasteiger charge is 2.39. The second-order valence-corrected chi connectivity index (χ2v) is 10.4. The average molecular weight is 465 g/mol. The van der Waals surface area contributed by atoms with Gasteiger partial charge < -0.3 is 0 Å². The third-order valence-electron chi connectivity index (χ3n) is 5.51. The molecule has 1 saturated heterocycles. The summed E-state index contributed by atoms with van der Waals surface area (Å²) in [5.74, 6) is -0.386. The van der Waals surface area contributed by atoms with Crippen molar-refractivity contribution >= 4 is 43.2 Å². The molecule has 1 N–H and O–H groups in total. The lowest BCUT2D eigenvalue weighted by Gasteiger charge is -2.23. The van der Waals surface area contributed by atoms with Crippen molar-refractivity contribution < 1.29 is 13.2 Å². The first-order chi connectivity index (χ1) is 15.5. The van der Waals surface area contributed by atoms with E-state index in [2.05, 4.69) is 15.5 Å². The monoisotopic (exact) mass is 464 g/mol. The lowest BCUT2D eigenvalue weighted by Crippen LogP contribution is -2.43. The molecular weight excluding hydrogens is 444 g/mol. The molecule has 0 aliphatic carbocycles. The fourth-order valence-corrected chi connectivity index (χ4v) is 6.36. The van der Waals surface area contributed by atoms with E-state index < -0.39 is 16.1 Å². The topological polar surface area (TPSA) is 92.3 Å². The van der Waals surface area contributed by atoms with E-state index >= 15 is 0 Å². The quantitative estimate of drug-likeness (QED) is 0.479. The molecule has 3 aromatic carbocycles. The predicted molar refractivity (Wildman–Crippen MR) is 125 cm³/mol. The number of benzene rings is 3. The number of sulfonamides is 1. The molecule has 1 aromatic heterocycles. The molecule has 1 fully saturated rings. The zero-order chi connectivity index (χ0) is 22.1. The fraction of sp³-hybridized carbons (Fsp3) is 0.174. The molecule has 1 atom stereocenters. The first-order valence-electron chi connectivity index (χ1n) is 10.2. The van der Waals surface area contributed by atoms with Gasteiger partial charge >= 0.3 is 0 Å². The van der Waals surface area contributed by atoms with Crippen LogP contribution >= 0.6 is 11.3 Å². The van der Waals surface area contributed by atoms with E-state index in [9.17, 15) is 13.2 Å². The maximum Gasteiger partial charge on any atom is 0.244 e. The summed E-state index contributed by atoms with van der Waals surface area (Å²) >= 11 is 1.26. The van der Waals surface area contributed by atoms with Crippen molar-refractivity contribution in [2.75, 3.05) is 11.9 Å². The number of hydrogen-bond acceptors (Lipinski definition) is 6. The van der Waals surface area contributed by atoms with Crippen LogP contribution < -0.4 is 5.32 Å². The maximum absolute atomic E-state index is 13.4. The minimum absolute atomic E-state index is 0.193. The van der Waals surface area contributed by atoms with Crippen LogP contribution in [0.15, 0.2) is 77.7 Å². The number of nitrogens with one attached hydrogen (secondary N) is 1. The molecule has 2 heterocycles. The van der Waals surface area contributed by atoms with Gasteiger partial charge in [-0.2, -0.15) is 4.31 Å². The summed E-state index contributed by atoms with van der Waals surface area (Å²) in [6, 6.07) is 21.4. The van der Waals surface area contributed by atoms with Gasteiger partial charge in [-0.15, -0.1) is 10.2 Å². The summed E-state index contributed by atoms with van der Waals surface area (Å²) in [6.45, 7) is 0.304. The van der Waals surface area contributed by atoms with Crippen molar-refractivity contribution in [2.45, 2.75) is 23.8 Å². The SMILES string of the molecule is O=C(Nc1nnc(-c2ccccc2)s1)C1CCCN1S(=O)(=O)c1ccc2ccccc2c1. The summed E-state index contributed by atoms with van der Waals surface area (Å²) in [7, 11) is -3.81. The van der Waals surface area contributed by atoms with Gasteiger partial charge in [-0.25, -0.2) is 8.42 Å². The second-order valence-electron chi connectivity index (χ2n) is 7.55. The third-order valence-corrected chi connectivity index (χ3v) is 8.30. The normalized spacial score (nSPS) is 16.9. The molecule has 5 rings (SSSR count). The predicted octanol–water partition coefficient (Wildman–Crippen LogP) is 4.15. The Balaban J connectivity index is 1.36. The zero-order valence-corrected chi connectivity index (χ0v) is 18.6. The summed E-state index contributed by atoms with van der Waals surface area (Å²) in [6.07, 6.45) is 1.08. The zero-order valence-electron chi connectivity index (χ0n) is 17.0. The Morgan fingerprint density at radius 2 is 1.72 bits per heavy atom. The standard InChI is InChI=1S/C23H20N4O3S2/c28-21(24-23-26-25-22(31-23)17-8-2-1-3-9-17)20-11-6-14-27(20)32(29,30)19-13-12-16-7-4-5-10-18(16)15-19/h1-5,7-10,12-13,15,20H,6,11,14H2,(H,24,26,28). The van der Waals surface area contributed by atoms with Crippen LogP contribution in [-0.4, -0.2) is 41.4 Å². The van der Waals surface area contributed by atoms with Crippen molar-refractivity contribution in [3.63, 3.8) is 0 Å².